The standard InChI is InChI=1S/C12H26N2O3/c1-12-11-13-3-4-14(12)5-6-16-9-10-17-8-7-15-2/h12-13H,3-11H2,1-2H3/t12-/m0/s1. The molecule has 1 aliphatic rings. The molecule has 5 nitrogen and oxygen atoms in total. The van der Waals surface area contributed by atoms with Crippen molar-refractivity contribution in [3.63, 3.8) is 0 Å². The van der Waals surface area contributed by atoms with E-state index in [2.05, 4.69) is 17.1 Å². The zero-order chi connectivity index (χ0) is 12.3. The topological polar surface area (TPSA) is 43.0 Å². The number of piperazine rings is 1. The highest BCUT2D eigenvalue weighted by Crippen LogP contribution is 2.01. The van der Waals surface area contributed by atoms with Crippen LogP contribution in [0.2, 0.25) is 0 Å². The smallest absolute Gasteiger partial charge is 0.0701 e. The van der Waals surface area contributed by atoms with E-state index in [-0.39, 0.29) is 0 Å². The zero-order valence-corrected chi connectivity index (χ0v) is 11.1. The highest BCUT2D eigenvalue weighted by Gasteiger charge is 2.16. The van der Waals surface area contributed by atoms with Crippen molar-refractivity contribution in [1.82, 2.24) is 10.2 Å². The summed E-state index contributed by atoms with van der Waals surface area (Å²) in [7, 11) is 1.68. The van der Waals surface area contributed by atoms with Crippen LogP contribution in [0.15, 0.2) is 0 Å². The van der Waals surface area contributed by atoms with Crippen LogP contribution in [0.4, 0.5) is 0 Å². The Morgan fingerprint density at radius 1 is 1.12 bits per heavy atom. The molecule has 0 aromatic rings. The Labute approximate surface area is 104 Å². The summed E-state index contributed by atoms with van der Waals surface area (Å²) in [5.41, 5.74) is 0. The lowest BCUT2D eigenvalue weighted by molar-refractivity contribution is 0.0156. The number of nitrogens with one attached hydrogen (secondary N) is 1. The van der Waals surface area contributed by atoms with Gasteiger partial charge in [0.25, 0.3) is 0 Å². The molecule has 1 heterocycles. The second kappa shape index (κ2) is 9.79. The Hall–Kier alpha value is -0.200. The molecule has 0 aliphatic carbocycles. The van der Waals surface area contributed by atoms with Gasteiger partial charge in [-0.3, -0.25) is 4.90 Å². The van der Waals surface area contributed by atoms with Crippen LogP contribution in [0.25, 0.3) is 0 Å². The minimum absolute atomic E-state index is 0.616. The summed E-state index contributed by atoms with van der Waals surface area (Å²) < 4.78 is 15.7. The molecular formula is C12H26N2O3. The van der Waals surface area contributed by atoms with Crippen molar-refractivity contribution in [3.05, 3.63) is 0 Å². The van der Waals surface area contributed by atoms with E-state index in [1.165, 1.54) is 0 Å². The number of methoxy groups -OCH3 is 1. The van der Waals surface area contributed by atoms with Crippen LogP contribution in [0, 0.1) is 0 Å². The minimum atomic E-state index is 0.616. The van der Waals surface area contributed by atoms with Crippen molar-refractivity contribution < 1.29 is 14.2 Å². The Morgan fingerprint density at radius 2 is 1.82 bits per heavy atom. The van der Waals surface area contributed by atoms with E-state index in [0.717, 1.165) is 32.8 Å². The molecule has 17 heavy (non-hydrogen) atoms. The molecule has 0 aromatic heterocycles. The molecular weight excluding hydrogens is 220 g/mol. The van der Waals surface area contributed by atoms with E-state index in [1.807, 2.05) is 0 Å². The molecule has 1 rings (SSSR count). The molecule has 1 N–H and O–H groups in total. The Morgan fingerprint density at radius 3 is 2.53 bits per heavy atom. The number of hydrogen-bond donors (Lipinski definition) is 1. The van der Waals surface area contributed by atoms with E-state index in [4.69, 9.17) is 14.2 Å². The largest absolute Gasteiger partial charge is 0.382 e. The van der Waals surface area contributed by atoms with E-state index >= 15 is 0 Å². The summed E-state index contributed by atoms with van der Waals surface area (Å²) in [5, 5.41) is 3.38. The SMILES string of the molecule is COCCOCCOCCN1CCNC[C@@H]1C. The maximum atomic E-state index is 5.54. The van der Waals surface area contributed by atoms with Gasteiger partial charge in [0.05, 0.1) is 33.0 Å². The summed E-state index contributed by atoms with van der Waals surface area (Å²) in [4.78, 5) is 2.46. The van der Waals surface area contributed by atoms with Gasteiger partial charge < -0.3 is 19.5 Å². The van der Waals surface area contributed by atoms with E-state index < -0.39 is 0 Å². The van der Waals surface area contributed by atoms with Gasteiger partial charge >= 0.3 is 0 Å². The van der Waals surface area contributed by atoms with Crippen LogP contribution in [-0.2, 0) is 14.2 Å². The number of rotatable bonds is 9. The Balaban J connectivity index is 1.86. The summed E-state index contributed by atoms with van der Waals surface area (Å²) in [5.74, 6) is 0. The van der Waals surface area contributed by atoms with Crippen molar-refractivity contribution in [2.24, 2.45) is 0 Å². The maximum absolute atomic E-state index is 5.54. The lowest BCUT2D eigenvalue weighted by atomic mass is 10.2. The highest BCUT2D eigenvalue weighted by molar-refractivity contribution is 4.75. The highest BCUT2D eigenvalue weighted by atomic mass is 16.5. The van der Waals surface area contributed by atoms with Crippen LogP contribution in [0.3, 0.4) is 0 Å². The molecule has 1 fully saturated rings. The van der Waals surface area contributed by atoms with Crippen LogP contribution in [0.5, 0.6) is 0 Å². The average molecular weight is 246 g/mol. The summed E-state index contributed by atoms with van der Waals surface area (Å²) in [6, 6.07) is 0.616. The van der Waals surface area contributed by atoms with Gasteiger partial charge in [0.1, 0.15) is 0 Å². The summed E-state index contributed by atoms with van der Waals surface area (Å²) >= 11 is 0. The van der Waals surface area contributed by atoms with Crippen molar-refractivity contribution in [3.8, 4) is 0 Å². The van der Waals surface area contributed by atoms with Gasteiger partial charge in [0.15, 0.2) is 0 Å². The maximum Gasteiger partial charge on any atom is 0.0701 e. The minimum Gasteiger partial charge on any atom is -0.382 e. The van der Waals surface area contributed by atoms with Crippen molar-refractivity contribution in [2.45, 2.75) is 13.0 Å². The molecule has 102 valence electrons. The lowest BCUT2D eigenvalue weighted by Gasteiger charge is -2.33. The normalized spacial score (nSPS) is 21.9. The number of ether oxygens (including phenoxy) is 3. The Kier molecular flexibility index (Phi) is 8.56. The van der Waals surface area contributed by atoms with Gasteiger partial charge in [-0.25, -0.2) is 0 Å². The van der Waals surface area contributed by atoms with E-state index in [1.54, 1.807) is 7.11 Å². The average Bonchev–Trinajstić information content (AvgIpc) is 2.35. The molecule has 5 heteroatoms. The predicted molar refractivity (Wildman–Crippen MR) is 67.4 cm³/mol. The fourth-order valence-corrected chi connectivity index (χ4v) is 1.86. The van der Waals surface area contributed by atoms with Gasteiger partial charge in [-0.1, -0.05) is 0 Å². The van der Waals surface area contributed by atoms with Crippen LogP contribution in [-0.4, -0.2) is 77.3 Å². The Bertz CT molecular complexity index is 181. The van der Waals surface area contributed by atoms with Gasteiger partial charge in [0, 0.05) is 39.3 Å². The summed E-state index contributed by atoms with van der Waals surface area (Å²) in [6.45, 7) is 9.97. The predicted octanol–water partition coefficient (Wildman–Crippen LogP) is -0.0403. The van der Waals surface area contributed by atoms with Gasteiger partial charge in [-0.05, 0) is 6.92 Å². The van der Waals surface area contributed by atoms with Crippen LogP contribution < -0.4 is 5.32 Å². The molecule has 0 bridgehead atoms. The van der Waals surface area contributed by atoms with Gasteiger partial charge in [0.2, 0.25) is 0 Å². The second-order valence-corrected chi connectivity index (χ2v) is 4.31. The number of nitrogens with zero attached hydrogens (tertiary/aromatic N) is 1. The first-order valence-corrected chi connectivity index (χ1v) is 6.43. The molecule has 0 radical (unpaired) electrons. The molecule has 0 aromatic carbocycles. The monoisotopic (exact) mass is 246 g/mol. The van der Waals surface area contributed by atoms with Crippen molar-refractivity contribution in [2.75, 3.05) is 66.3 Å². The fourth-order valence-electron chi connectivity index (χ4n) is 1.86. The molecule has 1 saturated heterocycles. The van der Waals surface area contributed by atoms with Crippen molar-refractivity contribution >= 4 is 0 Å². The van der Waals surface area contributed by atoms with Crippen molar-refractivity contribution in [1.29, 1.82) is 0 Å². The molecule has 0 saturated carbocycles. The van der Waals surface area contributed by atoms with Gasteiger partial charge in [-0.2, -0.15) is 0 Å². The van der Waals surface area contributed by atoms with E-state index in [9.17, 15) is 0 Å². The lowest BCUT2D eigenvalue weighted by Crippen LogP contribution is -2.50. The van der Waals surface area contributed by atoms with Crippen LogP contribution in [0.1, 0.15) is 6.92 Å². The number of hydrogen-bond acceptors (Lipinski definition) is 5. The first kappa shape index (κ1) is 14.9. The molecule has 0 amide bonds. The molecule has 1 atom stereocenters. The van der Waals surface area contributed by atoms with Crippen LogP contribution >= 0.6 is 0 Å². The third kappa shape index (κ3) is 6.95. The fraction of sp³-hybridized carbons (Fsp3) is 1.00. The quantitative estimate of drug-likeness (QED) is 0.578. The van der Waals surface area contributed by atoms with E-state index in [0.29, 0.717) is 32.5 Å². The summed E-state index contributed by atoms with van der Waals surface area (Å²) in [6.07, 6.45) is 0. The zero-order valence-electron chi connectivity index (χ0n) is 11.1. The first-order valence-electron chi connectivity index (χ1n) is 6.43. The van der Waals surface area contributed by atoms with Gasteiger partial charge in [-0.15, -0.1) is 0 Å². The third-order valence-corrected chi connectivity index (χ3v) is 2.97. The first-order chi connectivity index (χ1) is 8.34. The molecule has 0 spiro atoms. The molecule has 0 unspecified atom stereocenters. The third-order valence-electron chi connectivity index (χ3n) is 2.97. The second-order valence-electron chi connectivity index (χ2n) is 4.31. The molecule has 1 aliphatic heterocycles.